The third kappa shape index (κ3) is 2.55. The molecule has 2 rings (SSSR count). The highest BCUT2D eigenvalue weighted by atomic mass is 32.1. The molecule has 1 aliphatic rings. The van der Waals surface area contributed by atoms with Crippen LogP contribution in [-0.2, 0) is 0 Å². The highest BCUT2D eigenvalue weighted by Gasteiger charge is 2.09. The van der Waals surface area contributed by atoms with E-state index in [0.717, 1.165) is 18.8 Å². The van der Waals surface area contributed by atoms with Crippen LogP contribution >= 0.6 is 11.3 Å². The second-order valence-electron chi connectivity index (χ2n) is 3.17. The van der Waals surface area contributed by atoms with Crippen LogP contribution in [0.3, 0.4) is 0 Å². The largest absolute Gasteiger partial charge is 0.317 e. The predicted octanol–water partition coefficient (Wildman–Crippen LogP) is 1.49. The van der Waals surface area contributed by atoms with Gasteiger partial charge in [0.2, 0.25) is 0 Å². The second-order valence-corrected chi connectivity index (χ2v) is 3.89. The van der Waals surface area contributed by atoms with Crippen molar-refractivity contribution in [3.8, 4) is 11.8 Å². The highest BCUT2D eigenvalue weighted by molar-refractivity contribution is 7.07. The molecule has 3 heteroatoms. The Morgan fingerprint density at radius 1 is 1.46 bits per heavy atom. The molecule has 1 aliphatic heterocycles. The predicted molar refractivity (Wildman–Crippen MR) is 54.6 cm³/mol. The van der Waals surface area contributed by atoms with Crippen LogP contribution in [0.5, 0.6) is 0 Å². The third-order valence-corrected chi connectivity index (χ3v) is 2.76. The quantitative estimate of drug-likeness (QED) is 0.630. The van der Waals surface area contributed by atoms with E-state index in [0.29, 0.717) is 5.92 Å². The maximum absolute atomic E-state index is 4.13. The Bertz CT molecular complexity index is 301. The molecule has 2 nitrogen and oxygen atoms in total. The molecule has 1 saturated heterocycles. The molecule has 0 radical (unpaired) electrons. The SMILES string of the molecule is C(#CC1CCNCC1)c1cscn1. The van der Waals surface area contributed by atoms with E-state index in [4.69, 9.17) is 0 Å². The molecule has 0 atom stereocenters. The summed E-state index contributed by atoms with van der Waals surface area (Å²) in [5, 5.41) is 5.32. The first-order valence-electron chi connectivity index (χ1n) is 4.55. The van der Waals surface area contributed by atoms with E-state index in [1.165, 1.54) is 12.8 Å². The summed E-state index contributed by atoms with van der Waals surface area (Å²) >= 11 is 1.60. The first-order chi connectivity index (χ1) is 6.45. The van der Waals surface area contributed by atoms with Gasteiger partial charge >= 0.3 is 0 Å². The fourth-order valence-corrected chi connectivity index (χ4v) is 1.90. The molecule has 1 fully saturated rings. The topological polar surface area (TPSA) is 24.9 Å². The van der Waals surface area contributed by atoms with Gasteiger partial charge in [-0.3, -0.25) is 0 Å². The summed E-state index contributed by atoms with van der Waals surface area (Å²) in [6, 6.07) is 0. The lowest BCUT2D eigenvalue weighted by Gasteiger charge is -2.16. The first kappa shape index (κ1) is 8.74. The number of nitrogens with one attached hydrogen (secondary N) is 1. The van der Waals surface area contributed by atoms with Crippen molar-refractivity contribution in [2.24, 2.45) is 5.92 Å². The normalized spacial score (nSPS) is 17.8. The van der Waals surface area contributed by atoms with Gasteiger partial charge in [-0.1, -0.05) is 5.92 Å². The van der Waals surface area contributed by atoms with Crippen molar-refractivity contribution in [2.45, 2.75) is 12.8 Å². The van der Waals surface area contributed by atoms with Crippen molar-refractivity contribution in [1.82, 2.24) is 10.3 Å². The maximum Gasteiger partial charge on any atom is 0.124 e. The molecule has 1 aromatic heterocycles. The maximum atomic E-state index is 4.13. The second kappa shape index (κ2) is 4.40. The summed E-state index contributed by atoms with van der Waals surface area (Å²) in [5.41, 5.74) is 2.75. The summed E-state index contributed by atoms with van der Waals surface area (Å²) in [6.45, 7) is 2.22. The highest BCUT2D eigenvalue weighted by Crippen LogP contribution is 2.10. The Balaban J connectivity index is 1.95. The average Bonchev–Trinajstić information content (AvgIpc) is 2.69. The van der Waals surface area contributed by atoms with Crippen LogP contribution < -0.4 is 5.32 Å². The summed E-state index contributed by atoms with van der Waals surface area (Å²) in [6.07, 6.45) is 2.36. The Morgan fingerprint density at radius 2 is 2.31 bits per heavy atom. The molecule has 1 aromatic rings. The number of hydrogen-bond donors (Lipinski definition) is 1. The summed E-state index contributed by atoms with van der Waals surface area (Å²) < 4.78 is 0. The van der Waals surface area contributed by atoms with Crippen molar-refractivity contribution >= 4 is 11.3 Å². The number of rotatable bonds is 0. The fourth-order valence-electron chi connectivity index (χ4n) is 1.42. The molecule has 0 aromatic carbocycles. The van der Waals surface area contributed by atoms with Gasteiger partial charge in [-0.05, 0) is 31.9 Å². The summed E-state index contributed by atoms with van der Waals surface area (Å²) in [5.74, 6) is 6.97. The zero-order chi connectivity index (χ0) is 8.93. The zero-order valence-electron chi connectivity index (χ0n) is 7.42. The van der Waals surface area contributed by atoms with Crippen LogP contribution in [0.25, 0.3) is 0 Å². The van der Waals surface area contributed by atoms with Gasteiger partial charge in [0, 0.05) is 11.3 Å². The van der Waals surface area contributed by atoms with Gasteiger partial charge in [-0.2, -0.15) is 0 Å². The Kier molecular flexibility index (Phi) is 2.96. The standard InChI is InChI=1S/C10H12N2S/c1(2-10-7-13-8-12-10)9-3-5-11-6-4-9/h7-9,11H,3-6H2. The van der Waals surface area contributed by atoms with Gasteiger partial charge < -0.3 is 5.32 Å². The van der Waals surface area contributed by atoms with E-state index in [1.807, 2.05) is 10.9 Å². The van der Waals surface area contributed by atoms with Crippen molar-refractivity contribution in [1.29, 1.82) is 0 Å². The minimum atomic E-state index is 0.572. The van der Waals surface area contributed by atoms with Crippen molar-refractivity contribution in [3.05, 3.63) is 16.6 Å². The van der Waals surface area contributed by atoms with Gasteiger partial charge in [0.25, 0.3) is 0 Å². The molecule has 0 spiro atoms. The third-order valence-electron chi connectivity index (χ3n) is 2.18. The lowest BCUT2D eigenvalue weighted by Crippen LogP contribution is -2.26. The lowest BCUT2D eigenvalue weighted by atomic mass is 9.99. The average molecular weight is 192 g/mol. The van der Waals surface area contributed by atoms with E-state index < -0.39 is 0 Å². The molecule has 0 aliphatic carbocycles. The van der Waals surface area contributed by atoms with Crippen molar-refractivity contribution < 1.29 is 0 Å². The summed E-state index contributed by atoms with van der Waals surface area (Å²) in [7, 11) is 0. The number of piperidine rings is 1. The smallest absolute Gasteiger partial charge is 0.124 e. The molecule has 13 heavy (non-hydrogen) atoms. The molecule has 1 N–H and O–H groups in total. The number of thiazole rings is 1. The van der Waals surface area contributed by atoms with Crippen LogP contribution in [0.1, 0.15) is 18.5 Å². The zero-order valence-corrected chi connectivity index (χ0v) is 8.23. The van der Waals surface area contributed by atoms with Gasteiger partial charge in [0.1, 0.15) is 5.69 Å². The molecule has 0 bridgehead atoms. The molecule has 0 saturated carbocycles. The van der Waals surface area contributed by atoms with Crippen LogP contribution in [0.2, 0.25) is 0 Å². The van der Waals surface area contributed by atoms with E-state index in [1.54, 1.807) is 11.3 Å². The van der Waals surface area contributed by atoms with Crippen LogP contribution in [0.15, 0.2) is 10.9 Å². The van der Waals surface area contributed by atoms with E-state index in [2.05, 4.69) is 22.1 Å². The van der Waals surface area contributed by atoms with Gasteiger partial charge in [0.05, 0.1) is 5.51 Å². The van der Waals surface area contributed by atoms with Gasteiger partial charge in [-0.15, -0.1) is 11.3 Å². The molecule has 0 unspecified atom stereocenters. The van der Waals surface area contributed by atoms with Gasteiger partial charge in [-0.25, -0.2) is 4.98 Å². The minimum Gasteiger partial charge on any atom is -0.317 e. The van der Waals surface area contributed by atoms with E-state index in [-0.39, 0.29) is 0 Å². The van der Waals surface area contributed by atoms with Crippen LogP contribution in [0, 0.1) is 17.8 Å². The number of hydrogen-bond acceptors (Lipinski definition) is 3. The lowest BCUT2D eigenvalue weighted by molar-refractivity contribution is 0.447. The van der Waals surface area contributed by atoms with E-state index >= 15 is 0 Å². The molecule has 2 heterocycles. The van der Waals surface area contributed by atoms with Crippen molar-refractivity contribution in [2.75, 3.05) is 13.1 Å². The molecular formula is C10H12N2S. The summed E-state index contributed by atoms with van der Waals surface area (Å²) in [4.78, 5) is 4.13. The number of aromatic nitrogens is 1. The molecular weight excluding hydrogens is 180 g/mol. The first-order valence-corrected chi connectivity index (χ1v) is 5.50. The Hall–Kier alpha value is -0.850. The molecule has 68 valence electrons. The van der Waals surface area contributed by atoms with Crippen LogP contribution in [-0.4, -0.2) is 18.1 Å². The molecule has 0 amide bonds. The Morgan fingerprint density at radius 3 is 3.00 bits per heavy atom. The minimum absolute atomic E-state index is 0.572. The fraction of sp³-hybridized carbons (Fsp3) is 0.500. The number of nitrogens with zero attached hydrogens (tertiary/aromatic N) is 1. The monoisotopic (exact) mass is 192 g/mol. The Labute approximate surface area is 82.4 Å². The van der Waals surface area contributed by atoms with Crippen molar-refractivity contribution in [3.63, 3.8) is 0 Å². The van der Waals surface area contributed by atoms with Gasteiger partial charge in [0.15, 0.2) is 0 Å². The van der Waals surface area contributed by atoms with Crippen LogP contribution in [0.4, 0.5) is 0 Å². The van der Waals surface area contributed by atoms with E-state index in [9.17, 15) is 0 Å².